The van der Waals surface area contributed by atoms with E-state index in [0.29, 0.717) is 18.8 Å². The minimum absolute atomic E-state index is 0.172. The smallest absolute Gasteiger partial charge is 0.238 e. The fourth-order valence-corrected chi connectivity index (χ4v) is 2.08. The first-order chi connectivity index (χ1) is 9.20. The Hall–Kier alpha value is -1.68. The highest BCUT2D eigenvalue weighted by Crippen LogP contribution is 2.17. The van der Waals surface area contributed by atoms with Crippen molar-refractivity contribution < 1.29 is 4.79 Å². The predicted octanol–water partition coefficient (Wildman–Crippen LogP) is 0.471. The molecule has 1 unspecified atom stereocenters. The van der Waals surface area contributed by atoms with Crippen LogP contribution in [0.25, 0.3) is 0 Å². The number of pyridine rings is 1. The molecule has 1 atom stereocenters. The molecular formula is C12H14ClN5O. The molecule has 100 valence electrons. The van der Waals surface area contributed by atoms with Crippen molar-refractivity contribution in [1.29, 1.82) is 5.26 Å². The van der Waals surface area contributed by atoms with Crippen LogP contribution in [0.4, 0.5) is 5.69 Å². The largest absolute Gasteiger partial charge is 0.322 e. The van der Waals surface area contributed by atoms with Crippen LogP contribution in [0.1, 0.15) is 0 Å². The van der Waals surface area contributed by atoms with Crippen molar-refractivity contribution in [1.82, 2.24) is 15.2 Å². The van der Waals surface area contributed by atoms with Crippen molar-refractivity contribution in [3.8, 4) is 6.07 Å². The molecule has 1 saturated heterocycles. The molecule has 1 amide bonds. The second-order valence-electron chi connectivity index (χ2n) is 4.21. The number of carbonyl (C=O) groups excluding carboxylic acids is 1. The number of aromatic nitrogens is 1. The molecule has 0 bridgehead atoms. The Morgan fingerprint density at radius 1 is 1.74 bits per heavy atom. The Balaban J connectivity index is 1.94. The third-order valence-electron chi connectivity index (χ3n) is 2.88. The van der Waals surface area contributed by atoms with Gasteiger partial charge in [0.1, 0.15) is 6.04 Å². The molecule has 6 nitrogen and oxygen atoms in total. The first kappa shape index (κ1) is 13.7. The monoisotopic (exact) mass is 279 g/mol. The van der Waals surface area contributed by atoms with Gasteiger partial charge in [0.25, 0.3) is 0 Å². The molecule has 0 radical (unpaired) electrons. The molecular weight excluding hydrogens is 266 g/mol. The van der Waals surface area contributed by atoms with Gasteiger partial charge < -0.3 is 10.6 Å². The normalized spacial score (nSPS) is 19.7. The first-order valence-corrected chi connectivity index (χ1v) is 6.33. The highest BCUT2D eigenvalue weighted by molar-refractivity contribution is 6.32. The summed E-state index contributed by atoms with van der Waals surface area (Å²) in [6, 6.07) is 5.29. The van der Waals surface area contributed by atoms with Crippen molar-refractivity contribution in [2.24, 2.45) is 0 Å². The number of nitrogens with one attached hydrogen (secondary N) is 2. The van der Waals surface area contributed by atoms with E-state index in [1.54, 1.807) is 18.3 Å². The second kappa shape index (κ2) is 6.48. The summed E-state index contributed by atoms with van der Waals surface area (Å²) in [5.74, 6) is -0.197. The third kappa shape index (κ3) is 3.64. The number of halogens is 1. The summed E-state index contributed by atoms with van der Waals surface area (Å²) in [5.41, 5.74) is 0.484. The summed E-state index contributed by atoms with van der Waals surface area (Å²) in [7, 11) is 0. The van der Waals surface area contributed by atoms with Crippen LogP contribution < -0.4 is 10.6 Å². The number of nitriles is 1. The number of carbonyl (C=O) groups is 1. The van der Waals surface area contributed by atoms with Crippen LogP contribution in [-0.2, 0) is 4.79 Å². The third-order valence-corrected chi connectivity index (χ3v) is 3.18. The Morgan fingerprint density at radius 2 is 2.58 bits per heavy atom. The van der Waals surface area contributed by atoms with Gasteiger partial charge in [0.05, 0.1) is 18.3 Å². The predicted molar refractivity (Wildman–Crippen MR) is 71.7 cm³/mol. The Bertz CT molecular complexity index is 501. The van der Waals surface area contributed by atoms with Gasteiger partial charge in [-0.3, -0.25) is 9.69 Å². The summed E-state index contributed by atoms with van der Waals surface area (Å²) < 4.78 is 0. The second-order valence-corrected chi connectivity index (χ2v) is 4.57. The highest BCUT2D eigenvalue weighted by Gasteiger charge is 2.23. The summed E-state index contributed by atoms with van der Waals surface area (Å²) in [4.78, 5) is 17.7. The summed E-state index contributed by atoms with van der Waals surface area (Å²) >= 11 is 5.87. The number of amides is 1. The van der Waals surface area contributed by atoms with Crippen molar-refractivity contribution in [2.75, 3.05) is 31.5 Å². The van der Waals surface area contributed by atoms with Gasteiger partial charge in [0, 0.05) is 25.8 Å². The van der Waals surface area contributed by atoms with E-state index in [1.165, 1.54) is 0 Å². The van der Waals surface area contributed by atoms with Crippen LogP contribution in [0.2, 0.25) is 5.15 Å². The molecule has 0 saturated carbocycles. The molecule has 2 rings (SSSR count). The molecule has 0 aromatic carbocycles. The maximum absolute atomic E-state index is 11.9. The number of hydrogen-bond acceptors (Lipinski definition) is 5. The molecule has 0 aliphatic carbocycles. The summed E-state index contributed by atoms with van der Waals surface area (Å²) in [6.45, 7) is 2.20. The van der Waals surface area contributed by atoms with Gasteiger partial charge in [-0.1, -0.05) is 11.6 Å². The number of hydrogen-bond donors (Lipinski definition) is 2. The van der Waals surface area contributed by atoms with E-state index >= 15 is 0 Å². The maximum Gasteiger partial charge on any atom is 0.238 e. The summed E-state index contributed by atoms with van der Waals surface area (Å²) in [6.07, 6.45) is 1.56. The molecule has 2 N–H and O–H groups in total. The average Bonchev–Trinajstić information content (AvgIpc) is 2.42. The molecule has 1 aromatic heterocycles. The SMILES string of the molecule is N#CC1CNCCN1CC(=O)Nc1cccnc1Cl. The highest BCUT2D eigenvalue weighted by atomic mass is 35.5. The van der Waals surface area contributed by atoms with E-state index in [1.807, 2.05) is 4.90 Å². The van der Waals surface area contributed by atoms with Crippen LogP contribution in [0.5, 0.6) is 0 Å². The minimum atomic E-state index is -0.274. The van der Waals surface area contributed by atoms with E-state index < -0.39 is 0 Å². The Labute approximate surface area is 116 Å². The number of anilines is 1. The first-order valence-electron chi connectivity index (χ1n) is 5.95. The fourth-order valence-electron chi connectivity index (χ4n) is 1.92. The van der Waals surface area contributed by atoms with Gasteiger partial charge in [0.15, 0.2) is 5.15 Å². The quantitative estimate of drug-likeness (QED) is 0.786. The van der Waals surface area contributed by atoms with Gasteiger partial charge >= 0.3 is 0 Å². The number of piperazine rings is 1. The summed E-state index contributed by atoms with van der Waals surface area (Å²) in [5, 5.41) is 15.1. The molecule has 1 aromatic rings. The molecule has 7 heteroatoms. The van der Waals surface area contributed by atoms with Gasteiger partial charge in [0.2, 0.25) is 5.91 Å². The minimum Gasteiger partial charge on any atom is -0.322 e. The topological polar surface area (TPSA) is 81.0 Å². The lowest BCUT2D eigenvalue weighted by molar-refractivity contribution is -0.117. The van der Waals surface area contributed by atoms with Crippen LogP contribution in [0.15, 0.2) is 18.3 Å². The van der Waals surface area contributed by atoms with Gasteiger partial charge in [-0.2, -0.15) is 5.26 Å². The van der Waals surface area contributed by atoms with E-state index in [2.05, 4.69) is 21.7 Å². The van der Waals surface area contributed by atoms with Crippen LogP contribution in [0.3, 0.4) is 0 Å². The average molecular weight is 280 g/mol. The van der Waals surface area contributed by atoms with Crippen molar-refractivity contribution in [3.63, 3.8) is 0 Å². The van der Waals surface area contributed by atoms with E-state index in [4.69, 9.17) is 16.9 Å². The van der Waals surface area contributed by atoms with Crippen LogP contribution in [-0.4, -0.2) is 48.0 Å². The molecule has 19 heavy (non-hydrogen) atoms. The number of nitrogens with zero attached hydrogens (tertiary/aromatic N) is 3. The molecule has 1 aliphatic rings. The van der Waals surface area contributed by atoms with E-state index in [0.717, 1.165) is 6.54 Å². The van der Waals surface area contributed by atoms with E-state index in [9.17, 15) is 4.79 Å². The molecule has 2 heterocycles. The van der Waals surface area contributed by atoms with Gasteiger partial charge in [-0.05, 0) is 12.1 Å². The van der Waals surface area contributed by atoms with Crippen molar-refractivity contribution >= 4 is 23.2 Å². The van der Waals surface area contributed by atoms with Crippen LogP contribution >= 0.6 is 11.6 Å². The lowest BCUT2D eigenvalue weighted by Crippen LogP contribution is -2.52. The Kier molecular flexibility index (Phi) is 4.68. The van der Waals surface area contributed by atoms with Gasteiger partial charge in [-0.25, -0.2) is 4.98 Å². The molecule has 0 spiro atoms. The zero-order valence-electron chi connectivity index (χ0n) is 10.3. The zero-order chi connectivity index (χ0) is 13.7. The zero-order valence-corrected chi connectivity index (χ0v) is 11.0. The lowest BCUT2D eigenvalue weighted by Gasteiger charge is -2.31. The maximum atomic E-state index is 11.9. The van der Waals surface area contributed by atoms with E-state index in [-0.39, 0.29) is 23.6 Å². The molecule has 1 aliphatic heterocycles. The molecule has 1 fully saturated rings. The Morgan fingerprint density at radius 3 is 3.32 bits per heavy atom. The lowest BCUT2D eigenvalue weighted by atomic mass is 10.2. The van der Waals surface area contributed by atoms with Crippen molar-refractivity contribution in [2.45, 2.75) is 6.04 Å². The standard InChI is InChI=1S/C12H14ClN5O/c13-12-10(2-1-3-16-12)17-11(19)8-18-5-4-15-7-9(18)6-14/h1-3,9,15H,4-5,7-8H2,(H,17,19). The fraction of sp³-hybridized carbons (Fsp3) is 0.417. The number of rotatable bonds is 3. The van der Waals surface area contributed by atoms with Gasteiger partial charge in [-0.15, -0.1) is 0 Å². The van der Waals surface area contributed by atoms with Crippen LogP contribution in [0, 0.1) is 11.3 Å². The van der Waals surface area contributed by atoms with Crippen molar-refractivity contribution in [3.05, 3.63) is 23.5 Å².